The molecule has 0 heterocycles. The Morgan fingerprint density at radius 2 is 1.83 bits per heavy atom. The average Bonchev–Trinajstić information content (AvgIpc) is 2.42. The first-order chi connectivity index (χ1) is 8.84. The van der Waals surface area contributed by atoms with Crippen LogP contribution in [0.15, 0.2) is 24.3 Å². The van der Waals surface area contributed by atoms with Gasteiger partial charge >= 0.3 is 0 Å². The fourth-order valence-corrected chi connectivity index (χ4v) is 3.37. The van der Waals surface area contributed by atoms with Gasteiger partial charge < -0.3 is 5.32 Å². The van der Waals surface area contributed by atoms with Gasteiger partial charge in [-0.1, -0.05) is 43.0 Å². The lowest BCUT2D eigenvalue weighted by atomic mass is 9.96. The van der Waals surface area contributed by atoms with Crippen molar-refractivity contribution in [1.29, 1.82) is 0 Å². The van der Waals surface area contributed by atoms with Crippen LogP contribution < -0.4 is 5.32 Å². The van der Waals surface area contributed by atoms with Gasteiger partial charge in [0, 0.05) is 29.1 Å². The van der Waals surface area contributed by atoms with Crippen molar-refractivity contribution >= 4 is 23.4 Å². The fourth-order valence-electron chi connectivity index (χ4n) is 2.41. The maximum absolute atomic E-state index is 5.86. The zero-order valence-electron chi connectivity index (χ0n) is 10.8. The molecule has 1 aliphatic carbocycles. The van der Waals surface area contributed by atoms with Gasteiger partial charge in [-0.25, -0.2) is 0 Å². The summed E-state index contributed by atoms with van der Waals surface area (Å²) >= 11 is 7.86. The molecule has 3 heteroatoms. The molecule has 1 saturated carbocycles. The molecular formula is C15H22ClNS. The molecule has 1 aliphatic rings. The van der Waals surface area contributed by atoms with Crippen LogP contribution in [0.5, 0.6) is 0 Å². The molecule has 0 unspecified atom stereocenters. The summed E-state index contributed by atoms with van der Waals surface area (Å²) in [7, 11) is 0. The molecule has 1 aromatic rings. The lowest BCUT2D eigenvalue weighted by Gasteiger charge is -2.22. The van der Waals surface area contributed by atoms with Crippen LogP contribution in [-0.2, 0) is 5.75 Å². The molecule has 2 rings (SSSR count). The molecule has 100 valence electrons. The maximum Gasteiger partial charge on any atom is 0.0406 e. The highest BCUT2D eigenvalue weighted by Crippen LogP contribution is 2.18. The van der Waals surface area contributed by atoms with E-state index in [1.807, 2.05) is 23.9 Å². The Morgan fingerprint density at radius 3 is 2.56 bits per heavy atom. The molecule has 1 aromatic carbocycles. The number of halogens is 1. The van der Waals surface area contributed by atoms with E-state index in [0.29, 0.717) is 0 Å². The van der Waals surface area contributed by atoms with Crippen molar-refractivity contribution in [3.63, 3.8) is 0 Å². The van der Waals surface area contributed by atoms with Gasteiger partial charge in [0.2, 0.25) is 0 Å². The maximum atomic E-state index is 5.86. The fraction of sp³-hybridized carbons (Fsp3) is 0.600. The van der Waals surface area contributed by atoms with Gasteiger partial charge in [-0.3, -0.25) is 0 Å². The van der Waals surface area contributed by atoms with Crippen molar-refractivity contribution in [3.8, 4) is 0 Å². The summed E-state index contributed by atoms with van der Waals surface area (Å²) in [6.07, 6.45) is 7.01. The first-order valence-corrected chi connectivity index (χ1v) is 8.43. The van der Waals surface area contributed by atoms with E-state index in [1.54, 1.807) is 0 Å². The van der Waals surface area contributed by atoms with E-state index >= 15 is 0 Å². The monoisotopic (exact) mass is 283 g/mol. The third-order valence-corrected chi connectivity index (χ3v) is 4.75. The van der Waals surface area contributed by atoms with E-state index in [0.717, 1.165) is 23.4 Å². The summed E-state index contributed by atoms with van der Waals surface area (Å²) in [6.45, 7) is 1.14. The summed E-state index contributed by atoms with van der Waals surface area (Å²) in [6, 6.07) is 8.96. The topological polar surface area (TPSA) is 12.0 Å². The smallest absolute Gasteiger partial charge is 0.0406 e. The molecule has 1 N–H and O–H groups in total. The Kier molecular flexibility index (Phi) is 6.39. The highest BCUT2D eigenvalue weighted by Gasteiger charge is 2.11. The minimum atomic E-state index is 0.787. The summed E-state index contributed by atoms with van der Waals surface area (Å²) < 4.78 is 0. The average molecular weight is 284 g/mol. The molecule has 0 saturated heterocycles. The van der Waals surface area contributed by atoms with Crippen LogP contribution in [0.2, 0.25) is 5.02 Å². The van der Waals surface area contributed by atoms with Crippen molar-refractivity contribution in [2.24, 2.45) is 0 Å². The third-order valence-electron chi connectivity index (χ3n) is 3.47. The molecule has 18 heavy (non-hydrogen) atoms. The van der Waals surface area contributed by atoms with Gasteiger partial charge in [0.25, 0.3) is 0 Å². The lowest BCUT2D eigenvalue weighted by molar-refractivity contribution is 0.381. The molecule has 0 atom stereocenters. The molecule has 1 fully saturated rings. The number of rotatable bonds is 6. The van der Waals surface area contributed by atoms with Gasteiger partial charge in [0.15, 0.2) is 0 Å². The molecule has 0 aliphatic heterocycles. The predicted molar refractivity (Wildman–Crippen MR) is 82.5 cm³/mol. The van der Waals surface area contributed by atoms with Crippen LogP contribution >= 0.6 is 23.4 Å². The Bertz CT molecular complexity index is 333. The number of nitrogens with one attached hydrogen (secondary N) is 1. The van der Waals surface area contributed by atoms with E-state index < -0.39 is 0 Å². The van der Waals surface area contributed by atoms with Gasteiger partial charge in [-0.2, -0.15) is 11.8 Å². The van der Waals surface area contributed by atoms with Crippen LogP contribution in [0.1, 0.15) is 37.7 Å². The molecule has 0 bridgehead atoms. The highest BCUT2D eigenvalue weighted by atomic mass is 35.5. The van der Waals surface area contributed by atoms with Crippen LogP contribution in [0.3, 0.4) is 0 Å². The summed E-state index contributed by atoms with van der Waals surface area (Å²) in [5, 5.41) is 4.50. The number of hydrogen-bond acceptors (Lipinski definition) is 2. The van der Waals surface area contributed by atoms with E-state index in [-0.39, 0.29) is 0 Å². The highest BCUT2D eigenvalue weighted by molar-refractivity contribution is 7.98. The van der Waals surface area contributed by atoms with Crippen LogP contribution in [0, 0.1) is 0 Å². The van der Waals surface area contributed by atoms with Gasteiger partial charge in [0.05, 0.1) is 0 Å². The molecule has 1 nitrogen and oxygen atoms in total. The second-order valence-corrected chi connectivity index (χ2v) is 6.51. The van der Waals surface area contributed by atoms with Crippen LogP contribution in [0.25, 0.3) is 0 Å². The first-order valence-electron chi connectivity index (χ1n) is 6.90. The Morgan fingerprint density at radius 1 is 1.11 bits per heavy atom. The quantitative estimate of drug-likeness (QED) is 0.772. The van der Waals surface area contributed by atoms with E-state index in [9.17, 15) is 0 Å². The second kappa shape index (κ2) is 8.08. The Labute approximate surface area is 120 Å². The summed E-state index contributed by atoms with van der Waals surface area (Å²) in [5.41, 5.74) is 1.36. The minimum absolute atomic E-state index is 0.787. The second-order valence-electron chi connectivity index (χ2n) is 4.97. The zero-order chi connectivity index (χ0) is 12.6. The Balaban J connectivity index is 1.54. The third kappa shape index (κ3) is 5.21. The van der Waals surface area contributed by atoms with Gasteiger partial charge in [-0.05, 0) is 30.5 Å². The summed E-state index contributed by atoms with van der Waals surface area (Å²) in [4.78, 5) is 0. The Hall–Kier alpha value is -0.180. The molecule has 0 aromatic heterocycles. The number of benzene rings is 1. The van der Waals surface area contributed by atoms with Gasteiger partial charge in [0.1, 0.15) is 0 Å². The molecule has 0 amide bonds. The predicted octanol–water partition coefficient (Wildman–Crippen LogP) is 4.50. The molecule has 0 spiro atoms. The molecule has 0 radical (unpaired) electrons. The van der Waals surface area contributed by atoms with E-state index in [4.69, 9.17) is 11.6 Å². The summed E-state index contributed by atoms with van der Waals surface area (Å²) in [5.74, 6) is 2.28. The van der Waals surface area contributed by atoms with Crippen molar-refractivity contribution in [3.05, 3.63) is 34.9 Å². The first kappa shape index (κ1) is 14.2. The number of hydrogen-bond donors (Lipinski definition) is 1. The zero-order valence-corrected chi connectivity index (χ0v) is 12.4. The normalized spacial score (nSPS) is 16.9. The van der Waals surface area contributed by atoms with Crippen molar-refractivity contribution < 1.29 is 0 Å². The minimum Gasteiger partial charge on any atom is -0.313 e. The van der Waals surface area contributed by atoms with Gasteiger partial charge in [-0.15, -0.1) is 0 Å². The van der Waals surface area contributed by atoms with Crippen molar-refractivity contribution in [2.45, 2.75) is 43.9 Å². The van der Waals surface area contributed by atoms with Crippen LogP contribution in [-0.4, -0.2) is 18.3 Å². The van der Waals surface area contributed by atoms with E-state index in [2.05, 4.69) is 17.4 Å². The largest absolute Gasteiger partial charge is 0.313 e. The lowest BCUT2D eigenvalue weighted by Crippen LogP contribution is -2.32. The van der Waals surface area contributed by atoms with Crippen molar-refractivity contribution in [2.75, 3.05) is 12.3 Å². The SMILES string of the molecule is Clc1ccc(CSCCNC2CCCCC2)cc1. The van der Waals surface area contributed by atoms with Crippen LogP contribution in [0.4, 0.5) is 0 Å². The van der Waals surface area contributed by atoms with E-state index in [1.165, 1.54) is 43.4 Å². The standard InChI is InChI=1S/C15H22ClNS/c16-14-8-6-13(7-9-14)12-18-11-10-17-15-4-2-1-3-5-15/h6-9,15,17H,1-5,10-12H2. The number of thioether (sulfide) groups is 1. The molecular weight excluding hydrogens is 262 g/mol. The van der Waals surface area contributed by atoms with Crippen molar-refractivity contribution in [1.82, 2.24) is 5.32 Å².